The summed E-state index contributed by atoms with van der Waals surface area (Å²) < 4.78 is 41.1. The number of ether oxygens (including phenoxy) is 1. The minimum atomic E-state index is -4.30. The average molecular weight is 371 g/mol. The van der Waals surface area contributed by atoms with Gasteiger partial charge in [-0.05, 0) is 42.7 Å². The molecule has 0 aliphatic heterocycles. The molecule has 1 aromatic rings. The summed E-state index contributed by atoms with van der Waals surface area (Å²) in [4.78, 5) is 4.26. The number of hydrogen-bond acceptors (Lipinski definition) is 2. The molecular formula is C19H28F3N3O. The Bertz CT molecular complexity index is 582. The Labute approximate surface area is 153 Å². The quantitative estimate of drug-likeness (QED) is 0.587. The van der Waals surface area contributed by atoms with Crippen molar-refractivity contribution in [3.05, 3.63) is 35.4 Å². The fourth-order valence-corrected chi connectivity index (χ4v) is 3.09. The Morgan fingerprint density at radius 1 is 1.19 bits per heavy atom. The van der Waals surface area contributed by atoms with Crippen LogP contribution in [0.1, 0.15) is 43.7 Å². The van der Waals surface area contributed by atoms with E-state index in [0.29, 0.717) is 12.6 Å². The summed E-state index contributed by atoms with van der Waals surface area (Å²) in [6, 6.07) is 7.80. The molecule has 146 valence electrons. The van der Waals surface area contributed by atoms with Gasteiger partial charge in [-0.2, -0.15) is 13.2 Å². The maximum Gasteiger partial charge on any atom is 0.411 e. The molecule has 0 unspecified atom stereocenters. The lowest BCUT2D eigenvalue weighted by molar-refractivity contribution is -0.176. The smallest absolute Gasteiger partial charge is 0.367 e. The van der Waals surface area contributed by atoms with Crippen molar-refractivity contribution in [1.82, 2.24) is 10.6 Å². The zero-order valence-corrected chi connectivity index (χ0v) is 15.4. The van der Waals surface area contributed by atoms with Gasteiger partial charge in [-0.1, -0.05) is 31.2 Å². The fraction of sp³-hybridized carbons (Fsp3) is 0.632. The van der Waals surface area contributed by atoms with Crippen molar-refractivity contribution in [2.75, 3.05) is 13.7 Å². The number of hydrogen-bond donors (Lipinski definition) is 2. The van der Waals surface area contributed by atoms with E-state index in [1.807, 2.05) is 18.2 Å². The van der Waals surface area contributed by atoms with Gasteiger partial charge in [-0.3, -0.25) is 4.99 Å². The topological polar surface area (TPSA) is 45.7 Å². The lowest BCUT2D eigenvalue weighted by atomic mass is 9.87. The molecule has 0 bridgehead atoms. The number of nitrogens with one attached hydrogen (secondary N) is 2. The van der Waals surface area contributed by atoms with E-state index >= 15 is 0 Å². The molecule has 1 aromatic carbocycles. The van der Waals surface area contributed by atoms with Crippen LogP contribution in [0.25, 0.3) is 0 Å². The Hall–Kier alpha value is -1.76. The van der Waals surface area contributed by atoms with Crippen LogP contribution in [0.15, 0.2) is 29.3 Å². The van der Waals surface area contributed by atoms with Gasteiger partial charge in [0.1, 0.15) is 6.61 Å². The third-order valence-corrected chi connectivity index (χ3v) is 4.57. The van der Waals surface area contributed by atoms with Crippen LogP contribution < -0.4 is 10.6 Å². The van der Waals surface area contributed by atoms with Gasteiger partial charge in [-0.15, -0.1) is 0 Å². The molecule has 26 heavy (non-hydrogen) atoms. The molecule has 2 N–H and O–H groups in total. The fourth-order valence-electron chi connectivity index (χ4n) is 3.09. The SMILES string of the molecule is CN=C(NCc1cccc(COCC(F)(F)F)c1)NC1CCC(C)CC1. The van der Waals surface area contributed by atoms with E-state index in [2.05, 4.69) is 22.5 Å². The number of rotatable bonds is 6. The van der Waals surface area contributed by atoms with Gasteiger partial charge >= 0.3 is 6.18 Å². The molecule has 4 nitrogen and oxygen atoms in total. The van der Waals surface area contributed by atoms with Gasteiger partial charge in [0, 0.05) is 19.6 Å². The molecule has 1 aliphatic carbocycles. The highest BCUT2D eigenvalue weighted by Gasteiger charge is 2.27. The summed E-state index contributed by atoms with van der Waals surface area (Å²) in [5.41, 5.74) is 1.69. The van der Waals surface area contributed by atoms with Gasteiger partial charge in [-0.25, -0.2) is 0 Å². The van der Waals surface area contributed by atoms with Crippen molar-refractivity contribution in [3.8, 4) is 0 Å². The molecule has 0 heterocycles. The molecule has 0 spiro atoms. The Morgan fingerprint density at radius 3 is 2.54 bits per heavy atom. The molecule has 0 atom stereocenters. The highest BCUT2D eigenvalue weighted by atomic mass is 19.4. The maximum atomic E-state index is 12.1. The van der Waals surface area contributed by atoms with Gasteiger partial charge in [0.05, 0.1) is 6.61 Å². The summed E-state index contributed by atoms with van der Waals surface area (Å²) in [5, 5.41) is 6.72. The summed E-state index contributed by atoms with van der Waals surface area (Å²) in [6.07, 6.45) is 0.458. The highest BCUT2D eigenvalue weighted by molar-refractivity contribution is 5.79. The van der Waals surface area contributed by atoms with Crippen LogP contribution >= 0.6 is 0 Å². The number of aliphatic imine (C=N–C) groups is 1. The summed E-state index contributed by atoms with van der Waals surface area (Å²) in [6.45, 7) is 1.55. The Morgan fingerprint density at radius 2 is 1.88 bits per heavy atom. The molecule has 1 fully saturated rings. The first-order chi connectivity index (χ1) is 12.4. The van der Waals surface area contributed by atoms with Crippen LogP contribution in [0.4, 0.5) is 13.2 Å². The van der Waals surface area contributed by atoms with E-state index in [0.717, 1.165) is 35.8 Å². The van der Waals surface area contributed by atoms with Crippen LogP contribution in [-0.2, 0) is 17.9 Å². The normalized spacial score (nSPS) is 21.5. The predicted molar refractivity (Wildman–Crippen MR) is 96.9 cm³/mol. The standard InChI is InChI=1S/C19H28F3N3O/c1-14-6-8-17(9-7-14)25-18(23-2)24-11-15-4-3-5-16(10-15)12-26-13-19(20,21)22/h3-5,10,14,17H,6-9,11-13H2,1-2H3,(H2,23,24,25). The number of nitrogens with zero attached hydrogens (tertiary/aromatic N) is 1. The van der Waals surface area contributed by atoms with E-state index in [-0.39, 0.29) is 6.61 Å². The largest absolute Gasteiger partial charge is 0.411 e. The third kappa shape index (κ3) is 7.64. The molecule has 0 amide bonds. The van der Waals surface area contributed by atoms with Crippen LogP contribution in [0, 0.1) is 5.92 Å². The predicted octanol–water partition coefficient (Wildman–Crippen LogP) is 4.01. The summed E-state index contributed by atoms with van der Waals surface area (Å²) >= 11 is 0. The van der Waals surface area contributed by atoms with Crippen LogP contribution in [0.5, 0.6) is 0 Å². The molecule has 0 saturated heterocycles. The molecule has 0 aromatic heterocycles. The number of guanidine groups is 1. The molecule has 1 aliphatic rings. The zero-order chi connectivity index (χ0) is 19.0. The van der Waals surface area contributed by atoms with Crippen molar-refractivity contribution in [2.45, 2.75) is 58.0 Å². The van der Waals surface area contributed by atoms with Crippen molar-refractivity contribution in [1.29, 1.82) is 0 Å². The van der Waals surface area contributed by atoms with E-state index in [1.165, 1.54) is 12.8 Å². The highest BCUT2D eigenvalue weighted by Crippen LogP contribution is 2.23. The average Bonchev–Trinajstić information content (AvgIpc) is 2.59. The van der Waals surface area contributed by atoms with Crippen LogP contribution in [0.2, 0.25) is 0 Å². The second-order valence-corrected chi connectivity index (χ2v) is 6.95. The first kappa shape index (κ1) is 20.6. The van der Waals surface area contributed by atoms with Crippen molar-refractivity contribution >= 4 is 5.96 Å². The Balaban J connectivity index is 1.79. The van der Waals surface area contributed by atoms with Crippen molar-refractivity contribution in [3.63, 3.8) is 0 Å². The van der Waals surface area contributed by atoms with E-state index in [4.69, 9.17) is 4.74 Å². The minimum Gasteiger partial charge on any atom is -0.367 e. The summed E-state index contributed by atoms with van der Waals surface area (Å²) in [7, 11) is 1.74. The van der Waals surface area contributed by atoms with Gasteiger partial charge < -0.3 is 15.4 Å². The minimum absolute atomic E-state index is 0.0550. The van der Waals surface area contributed by atoms with Gasteiger partial charge in [0.2, 0.25) is 0 Å². The summed E-state index contributed by atoms with van der Waals surface area (Å²) in [5.74, 6) is 1.55. The van der Waals surface area contributed by atoms with E-state index < -0.39 is 12.8 Å². The van der Waals surface area contributed by atoms with E-state index in [9.17, 15) is 13.2 Å². The monoisotopic (exact) mass is 371 g/mol. The van der Waals surface area contributed by atoms with Crippen molar-refractivity contribution < 1.29 is 17.9 Å². The molecular weight excluding hydrogens is 343 g/mol. The first-order valence-corrected chi connectivity index (χ1v) is 9.05. The molecule has 7 heteroatoms. The molecule has 1 saturated carbocycles. The van der Waals surface area contributed by atoms with Gasteiger partial charge in [0.15, 0.2) is 5.96 Å². The second kappa shape index (κ2) is 9.80. The number of benzene rings is 1. The third-order valence-electron chi connectivity index (χ3n) is 4.57. The first-order valence-electron chi connectivity index (χ1n) is 9.05. The van der Waals surface area contributed by atoms with Crippen LogP contribution in [0.3, 0.4) is 0 Å². The Kier molecular flexibility index (Phi) is 7.75. The van der Waals surface area contributed by atoms with Gasteiger partial charge in [0.25, 0.3) is 0 Å². The maximum absolute atomic E-state index is 12.1. The molecule has 2 rings (SSSR count). The number of halogens is 3. The zero-order valence-electron chi connectivity index (χ0n) is 15.4. The van der Waals surface area contributed by atoms with Crippen LogP contribution in [-0.4, -0.2) is 31.8 Å². The van der Waals surface area contributed by atoms with E-state index in [1.54, 1.807) is 13.1 Å². The molecule has 0 radical (unpaired) electrons. The second-order valence-electron chi connectivity index (χ2n) is 6.95. The lowest BCUT2D eigenvalue weighted by Crippen LogP contribution is -2.44. The van der Waals surface area contributed by atoms with Crippen molar-refractivity contribution in [2.24, 2.45) is 10.9 Å². The number of alkyl halides is 3. The lowest BCUT2D eigenvalue weighted by Gasteiger charge is -2.28.